The van der Waals surface area contributed by atoms with E-state index >= 15 is 0 Å². The number of hydrogen-bond acceptors (Lipinski definition) is 5. The molecule has 1 saturated heterocycles. The summed E-state index contributed by atoms with van der Waals surface area (Å²) in [7, 11) is 0. The lowest BCUT2D eigenvalue weighted by atomic mass is 9.80. The maximum absolute atomic E-state index is 13.1. The van der Waals surface area contributed by atoms with E-state index in [0.717, 1.165) is 56.2 Å². The Balaban J connectivity index is 1.43. The minimum absolute atomic E-state index is 0.0814. The molecule has 2 aromatic rings. The van der Waals surface area contributed by atoms with Crippen LogP contribution >= 0.6 is 0 Å². The van der Waals surface area contributed by atoms with Gasteiger partial charge in [-0.1, -0.05) is 6.42 Å². The van der Waals surface area contributed by atoms with Gasteiger partial charge in [-0.15, -0.1) is 10.2 Å². The van der Waals surface area contributed by atoms with Crippen LogP contribution in [0.5, 0.6) is 0 Å². The molecule has 1 aliphatic heterocycles. The number of rotatable bonds is 4. The van der Waals surface area contributed by atoms with Crippen LogP contribution < -0.4 is 0 Å². The molecular weight excluding hydrogens is 330 g/mol. The molecular formula is C19H25N5O2. The molecule has 2 aromatic heterocycles. The molecule has 7 nitrogen and oxygen atoms in total. The summed E-state index contributed by atoms with van der Waals surface area (Å²) in [5.41, 5.74) is 1.51. The van der Waals surface area contributed by atoms with Crippen molar-refractivity contribution in [3.05, 3.63) is 29.2 Å². The van der Waals surface area contributed by atoms with Crippen LogP contribution in [0.25, 0.3) is 0 Å². The second kappa shape index (κ2) is 5.66. The van der Waals surface area contributed by atoms with Gasteiger partial charge < -0.3 is 9.32 Å². The summed E-state index contributed by atoms with van der Waals surface area (Å²) in [6.45, 7) is 6.24. The molecule has 5 rings (SSSR count). The second-order valence-electron chi connectivity index (χ2n) is 8.11. The minimum atomic E-state index is -0.148. The molecule has 0 spiro atoms. The molecule has 0 aromatic carbocycles. The van der Waals surface area contributed by atoms with E-state index in [1.807, 2.05) is 23.4 Å². The zero-order chi connectivity index (χ0) is 17.9. The highest BCUT2D eigenvalue weighted by atomic mass is 16.4. The average Bonchev–Trinajstić information content (AvgIpc) is 3.01. The molecule has 2 aliphatic carbocycles. The number of carbonyl (C=O) groups excluding carboxylic acids is 1. The van der Waals surface area contributed by atoms with E-state index in [9.17, 15) is 4.79 Å². The fourth-order valence-corrected chi connectivity index (χ4v) is 4.87. The summed E-state index contributed by atoms with van der Waals surface area (Å²) >= 11 is 0. The number of fused-ring (bicyclic) bond motifs is 1. The van der Waals surface area contributed by atoms with Crippen LogP contribution in [0.3, 0.4) is 0 Å². The molecule has 138 valence electrons. The monoisotopic (exact) mass is 355 g/mol. The van der Waals surface area contributed by atoms with Crippen molar-refractivity contribution in [1.82, 2.24) is 24.9 Å². The van der Waals surface area contributed by atoms with Gasteiger partial charge in [0.05, 0.1) is 17.2 Å². The number of aromatic nitrogens is 4. The van der Waals surface area contributed by atoms with E-state index < -0.39 is 0 Å². The standard InChI is InChI=1S/C19H25N5O2/c1-3-24-12(2)15(9-20-24)17(25)23-10-14-5-4-8-19(14,11-23)18-22-21-16(26-18)13-6-7-13/h9,13-14H,3-8,10-11H2,1-2H3/t14-,19-/m0/s1. The first-order valence-electron chi connectivity index (χ1n) is 9.78. The highest BCUT2D eigenvalue weighted by molar-refractivity contribution is 5.95. The van der Waals surface area contributed by atoms with Crippen LogP contribution in [0, 0.1) is 12.8 Å². The van der Waals surface area contributed by atoms with Gasteiger partial charge in [-0.25, -0.2) is 0 Å². The Kier molecular flexibility index (Phi) is 3.49. The van der Waals surface area contributed by atoms with Crippen molar-refractivity contribution in [3.8, 4) is 0 Å². The van der Waals surface area contributed by atoms with Gasteiger partial charge in [0.2, 0.25) is 11.8 Å². The topological polar surface area (TPSA) is 77.1 Å². The third kappa shape index (κ3) is 2.25. The van der Waals surface area contributed by atoms with Gasteiger partial charge in [0.25, 0.3) is 5.91 Å². The number of nitrogens with zero attached hydrogens (tertiary/aromatic N) is 5. The van der Waals surface area contributed by atoms with Crippen LogP contribution in [0.1, 0.15) is 72.8 Å². The SMILES string of the molecule is CCn1ncc(C(=O)N2C[C@@H]3CCC[C@]3(c3nnc(C4CC4)o3)C2)c1C. The molecule has 26 heavy (non-hydrogen) atoms. The highest BCUT2D eigenvalue weighted by Crippen LogP contribution is 2.51. The molecule has 0 radical (unpaired) electrons. The molecule has 0 unspecified atom stereocenters. The average molecular weight is 355 g/mol. The van der Waals surface area contributed by atoms with Gasteiger partial charge >= 0.3 is 0 Å². The van der Waals surface area contributed by atoms with Crippen LogP contribution in [-0.4, -0.2) is 43.9 Å². The minimum Gasteiger partial charge on any atom is -0.424 e. The van der Waals surface area contributed by atoms with Crippen molar-refractivity contribution in [2.45, 2.75) is 63.8 Å². The molecule has 3 heterocycles. The number of amides is 1. The molecule has 3 fully saturated rings. The van der Waals surface area contributed by atoms with Gasteiger partial charge in [-0.3, -0.25) is 9.48 Å². The van der Waals surface area contributed by atoms with Crippen molar-refractivity contribution in [3.63, 3.8) is 0 Å². The summed E-state index contributed by atoms with van der Waals surface area (Å²) in [4.78, 5) is 15.1. The molecule has 1 amide bonds. The predicted molar refractivity (Wildman–Crippen MR) is 93.8 cm³/mol. The molecule has 2 atom stereocenters. The quantitative estimate of drug-likeness (QED) is 0.843. The highest BCUT2D eigenvalue weighted by Gasteiger charge is 2.55. The van der Waals surface area contributed by atoms with Gasteiger partial charge in [-0.2, -0.15) is 5.10 Å². The molecule has 2 saturated carbocycles. The zero-order valence-electron chi connectivity index (χ0n) is 15.4. The zero-order valence-corrected chi connectivity index (χ0v) is 15.4. The second-order valence-corrected chi connectivity index (χ2v) is 8.11. The maximum atomic E-state index is 13.1. The van der Waals surface area contributed by atoms with Crippen molar-refractivity contribution >= 4 is 5.91 Å². The van der Waals surface area contributed by atoms with E-state index in [2.05, 4.69) is 15.3 Å². The maximum Gasteiger partial charge on any atom is 0.257 e. The summed E-state index contributed by atoms with van der Waals surface area (Å²) in [6.07, 6.45) is 7.34. The summed E-state index contributed by atoms with van der Waals surface area (Å²) in [5.74, 6) is 2.52. The Hall–Kier alpha value is -2.18. The normalized spacial score (nSPS) is 27.9. The van der Waals surface area contributed by atoms with E-state index in [4.69, 9.17) is 4.42 Å². The van der Waals surface area contributed by atoms with E-state index in [1.165, 1.54) is 6.42 Å². The van der Waals surface area contributed by atoms with Gasteiger partial charge in [0.1, 0.15) is 0 Å². The number of aryl methyl sites for hydroxylation is 1. The van der Waals surface area contributed by atoms with Crippen molar-refractivity contribution in [2.24, 2.45) is 5.92 Å². The largest absolute Gasteiger partial charge is 0.424 e. The predicted octanol–water partition coefficient (Wildman–Crippen LogP) is 2.67. The van der Waals surface area contributed by atoms with Gasteiger partial charge in [0.15, 0.2) is 0 Å². The lowest BCUT2D eigenvalue weighted by Crippen LogP contribution is -2.35. The Morgan fingerprint density at radius 3 is 2.92 bits per heavy atom. The first kappa shape index (κ1) is 16.0. The summed E-state index contributed by atoms with van der Waals surface area (Å²) in [6, 6.07) is 0. The smallest absolute Gasteiger partial charge is 0.257 e. The van der Waals surface area contributed by atoms with Crippen LogP contribution in [-0.2, 0) is 12.0 Å². The van der Waals surface area contributed by atoms with Crippen molar-refractivity contribution in [1.29, 1.82) is 0 Å². The van der Waals surface area contributed by atoms with Crippen LogP contribution in [0.4, 0.5) is 0 Å². The number of likely N-dealkylation sites (tertiary alicyclic amines) is 1. The Morgan fingerprint density at radius 2 is 2.19 bits per heavy atom. The van der Waals surface area contributed by atoms with E-state index in [-0.39, 0.29) is 11.3 Å². The van der Waals surface area contributed by atoms with Crippen LogP contribution in [0.2, 0.25) is 0 Å². The first-order chi connectivity index (χ1) is 12.6. The first-order valence-corrected chi connectivity index (χ1v) is 9.78. The van der Waals surface area contributed by atoms with Crippen LogP contribution in [0.15, 0.2) is 10.6 Å². The van der Waals surface area contributed by atoms with Gasteiger partial charge in [0, 0.05) is 31.2 Å². The third-order valence-electron chi connectivity index (χ3n) is 6.58. The van der Waals surface area contributed by atoms with E-state index in [1.54, 1.807) is 6.20 Å². The Bertz CT molecular complexity index is 852. The number of carbonyl (C=O) groups is 1. The molecule has 7 heteroatoms. The molecule has 0 bridgehead atoms. The fraction of sp³-hybridized carbons (Fsp3) is 0.684. The lowest BCUT2D eigenvalue weighted by molar-refractivity contribution is 0.0774. The third-order valence-corrected chi connectivity index (χ3v) is 6.58. The molecule has 3 aliphatic rings. The Labute approximate surface area is 152 Å². The Morgan fingerprint density at radius 1 is 1.35 bits per heavy atom. The molecule has 0 N–H and O–H groups in total. The fourth-order valence-electron chi connectivity index (χ4n) is 4.87. The lowest BCUT2D eigenvalue weighted by Gasteiger charge is -2.24. The van der Waals surface area contributed by atoms with E-state index in [0.29, 0.717) is 23.9 Å². The van der Waals surface area contributed by atoms with Crippen molar-refractivity contribution < 1.29 is 9.21 Å². The summed E-state index contributed by atoms with van der Waals surface area (Å²) in [5, 5.41) is 13.1. The van der Waals surface area contributed by atoms with Gasteiger partial charge in [-0.05, 0) is 45.4 Å². The summed E-state index contributed by atoms with van der Waals surface area (Å²) < 4.78 is 7.97. The number of hydrogen-bond donors (Lipinski definition) is 0. The van der Waals surface area contributed by atoms with Crippen molar-refractivity contribution in [2.75, 3.05) is 13.1 Å².